The average molecular weight is 635 g/mol. The number of benzene rings is 4. The number of carbonyl (C=O) groups excluding carboxylic acids is 1. The fraction of sp³-hybridized carbons (Fsp3) is 0.103. The number of nitro groups is 1. The Morgan fingerprint density at radius 2 is 1.87 bits per heavy atom. The van der Waals surface area contributed by atoms with Crippen LogP contribution in [-0.2, 0) is 6.61 Å². The van der Waals surface area contributed by atoms with Crippen molar-refractivity contribution >= 4 is 62.1 Å². The van der Waals surface area contributed by atoms with Gasteiger partial charge >= 0.3 is 5.91 Å². The molecule has 0 unspecified atom stereocenters. The molecule has 0 aliphatic heterocycles. The molecule has 0 saturated heterocycles. The molecule has 0 aliphatic rings. The quantitative estimate of drug-likeness (QED) is 0.0821. The number of rotatable bonds is 9. The number of ether oxygens (including phenoxy) is 2. The smallest absolute Gasteiger partial charge is 0.307 e. The first-order valence-corrected chi connectivity index (χ1v) is 13.1. The van der Waals surface area contributed by atoms with E-state index in [0.717, 1.165) is 19.9 Å². The Morgan fingerprint density at radius 3 is 2.69 bits per heavy atom. The zero-order chi connectivity index (χ0) is 27.4. The maximum Gasteiger partial charge on any atom is 0.307 e. The largest absolute Gasteiger partial charge is 0.490 e. The molecule has 0 fully saturated rings. The van der Waals surface area contributed by atoms with Crippen molar-refractivity contribution in [2.45, 2.75) is 13.5 Å². The lowest BCUT2D eigenvalue weighted by Crippen LogP contribution is -2.16. The fourth-order valence-corrected chi connectivity index (χ4v) is 4.89. The van der Waals surface area contributed by atoms with Crippen LogP contribution in [0.2, 0.25) is 0 Å². The number of furan rings is 1. The van der Waals surface area contributed by atoms with Crippen molar-refractivity contribution in [2.75, 3.05) is 6.61 Å². The lowest BCUT2D eigenvalue weighted by molar-refractivity contribution is -0.384. The number of nitrogens with zero attached hydrogens (tertiary/aromatic N) is 2. The summed E-state index contributed by atoms with van der Waals surface area (Å²) in [7, 11) is 0. The predicted molar refractivity (Wildman–Crippen MR) is 157 cm³/mol. The highest BCUT2D eigenvalue weighted by Crippen LogP contribution is 2.35. The molecule has 9 nitrogen and oxygen atoms in total. The molecule has 0 atom stereocenters. The first kappa shape index (κ1) is 26.2. The van der Waals surface area contributed by atoms with Crippen LogP contribution in [0.1, 0.15) is 28.6 Å². The maximum absolute atomic E-state index is 12.5. The lowest BCUT2D eigenvalue weighted by Gasteiger charge is -2.15. The molecule has 1 aromatic heterocycles. The molecular formula is C29H22IN3O6. The standard InChI is InChI=1S/C29H22IN3O6/c1-2-37-26-13-18(12-24(30)28(26)38-17-20-8-5-7-19-6-3-4-9-23(19)20)16-31-32-29(34)27-15-21-14-22(33(35)36)10-11-25(21)39-27/h3-16H,2,17H2,1H3,(H,32,34)/b31-16+. The Bertz CT molecular complexity index is 1720. The van der Waals surface area contributed by atoms with Crippen molar-refractivity contribution in [3.63, 3.8) is 0 Å². The Morgan fingerprint density at radius 1 is 1.05 bits per heavy atom. The van der Waals surface area contributed by atoms with E-state index in [1.165, 1.54) is 30.5 Å². The van der Waals surface area contributed by atoms with Gasteiger partial charge in [0.15, 0.2) is 17.3 Å². The number of non-ortho nitro benzene ring substituents is 1. The third-order valence-electron chi connectivity index (χ3n) is 5.90. The third-order valence-corrected chi connectivity index (χ3v) is 6.70. The highest BCUT2D eigenvalue weighted by atomic mass is 127. The van der Waals surface area contributed by atoms with Gasteiger partial charge in [-0.05, 0) is 75.7 Å². The van der Waals surface area contributed by atoms with Gasteiger partial charge in [0.1, 0.15) is 12.2 Å². The molecule has 5 rings (SSSR count). The van der Waals surface area contributed by atoms with E-state index in [2.05, 4.69) is 51.3 Å². The van der Waals surface area contributed by atoms with Crippen molar-refractivity contribution in [1.82, 2.24) is 5.43 Å². The predicted octanol–water partition coefficient (Wildman–Crippen LogP) is 6.84. The van der Waals surface area contributed by atoms with Crippen LogP contribution in [0.15, 0.2) is 88.4 Å². The van der Waals surface area contributed by atoms with Crippen LogP contribution in [0.4, 0.5) is 5.69 Å². The van der Waals surface area contributed by atoms with Crippen molar-refractivity contribution in [2.24, 2.45) is 5.10 Å². The number of nitrogens with one attached hydrogen (secondary N) is 1. The van der Waals surface area contributed by atoms with Crippen LogP contribution >= 0.6 is 22.6 Å². The molecule has 1 N–H and O–H groups in total. The first-order chi connectivity index (χ1) is 18.9. The van der Waals surface area contributed by atoms with Gasteiger partial charge in [0.2, 0.25) is 0 Å². The fourth-order valence-electron chi connectivity index (χ4n) is 4.11. The number of nitro benzene ring substituents is 1. The summed E-state index contributed by atoms with van der Waals surface area (Å²) in [5.41, 5.74) is 4.47. The summed E-state index contributed by atoms with van der Waals surface area (Å²) < 4.78 is 18.4. The highest BCUT2D eigenvalue weighted by Gasteiger charge is 2.16. The summed E-state index contributed by atoms with van der Waals surface area (Å²) in [5, 5.41) is 17.8. The minimum Gasteiger partial charge on any atom is -0.490 e. The van der Waals surface area contributed by atoms with E-state index in [4.69, 9.17) is 13.9 Å². The molecule has 4 aromatic carbocycles. The van der Waals surface area contributed by atoms with Crippen LogP contribution in [0, 0.1) is 13.7 Å². The molecule has 1 amide bonds. The molecule has 39 heavy (non-hydrogen) atoms. The molecule has 10 heteroatoms. The Balaban J connectivity index is 1.30. The SMILES string of the molecule is CCOc1cc(/C=N/NC(=O)c2cc3cc([N+](=O)[O-])ccc3o2)cc(I)c1OCc1cccc2ccccc12. The van der Waals surface area contributed by atoms with E-state index in [-0.39, 0.29) is 11.4 Å². The van der Waals surface area contributed by atoms with E-state index in [9.17, 15) is 14.9 Å². The van der Waals surface area contributed by atoms with Gasteiger partial charge in [0.05, 0.1) is 21.3 Å². The van der Waals surface area contributed by atoms with Gasteiger partial charge < -0.3 is 13.9 Å². The van der Waals surface area contributed by atoms with Crippen LogP contribution in [0.3, 0.4) is 0 Å². The van der Waals surface area contributed by atoms with Crippen LogP contribution in [0.25, 0.3) is 21.7 Å². The number of hydrazone groups is 1. The second kappa shape index (κ2) is 11.5. The summed E-state index contributed by atoms with van der Waals surface area (Å²) in [6, 6.07) is 23.5. The van der Waals surface area contributed by atoms with Gasteiger partial charge in [-0.1, -0.05) is 42.5 Å². The molecule has 1 heterocycles. The topological polar surface area (TPSA) is 116 Å². The average Bonchev–Trinajstić information content (AvgIpc) is 3.36. The minimum atomic E-state index is -0.583. The number of fused-ring (bicyclic) bond motifs is 2. The second-order valence-electron chi connectivity index (χ2n) is 8.48. The summed E-state index contributed by atoms with van der Waals surface area (Å²) in [5.74, 6) is 0.600. The number of hydrogen-bond donors (Lipinski definition) is 1. The summed E-state index contributed by atoms with van der Waals surface area (Å²) >= 11 is 2.18. The molecule has 5 aromatic rings. The molecular weight excluding hydrogens is 613 g/mol. The highest BCUT2D eigenvalue weighted by molar-refractivity contribution is 14.1. The zero-order valence-corrected chi connectivity index (χ0v) is 22.9. The summed E-state index contributed by atoms with van der Waals surface area (Å²) in [4.78, 5) is 23.0. The van der Waals surface area contributed by atoms with E-state index < -0.39 is 10.8 Å². The number of carbonyl (C=O) groups is 1. The van der Waals surface area contributed by atoms with E-state index >= 15 is 0 Å². The van der Waals surface area contributed by atoms with Gasteiger partial charge in [-0.15, -0.1) is 0 Å². The second-order valence-corrected chi connectivity index (χ2v) is 9.64. The van der Waals surface area contributed by atoms with Crippen molar-refractivity contribution in [3.05, 3.63) is 109 Å². The van der Waals surface area contributed by atoms with Crippen molar-refractivity contribution < 1.29 is 23.6 Å². The molecule has 0 aliphatic carbocycles. The van der Waals surface area contributed by atoms with Gasteiger partial charge in [0, 0.05) is 17.5 Å². The van der Waals surface area contributed by atoms with E-state index in [1.54, 1.807) is 6.07 Å². The Hall–Kier alpha value is -4.45. The molecule has 196 valence electrons. The summed E-state index contributed by atoms with van der Waals surface area (Å²) in [6.07, 6.45) is 1.49. The maximum atomic E-state index is 12.5. The van der Waals surface area contributed by atoms with Gasteiger partial charge in [-0.25, -0.2) is 5.43 Å². The molecule has 0 radical (unpaired) electrons. The molecule has 0 saturated carbocycles. The van der Waals surface area contributed by atoms with E-state index in [0.29, 0.717) is 41.2 Å². The van der Waals surface area contributed by atoms with Gasteiger partial charge in [-0.3, -0.25) is 14.9 Å². The van der Waals surface area contributed by atoms with Crippen molar-refractivity contribution in [1.29, 1.82) is 0 Å². The monoisotopic (exact) mass is 635 g/mol. The first-order valence-electron chi connectivity index (χ1n) is 12.0. The number of hydrogen-bond acceptors (Lipinski definition) is 7. The normalized spacial score (nSPS) is 11.2. The number of halogens is 1. The Labute approximate surface area is 236 Å². The third kappa shape index (κ3) is 5.85. The zero-order valence-electron chi connectivity index (χ0n) is 20.7. The van der Waals surface area contributed by atoms with Crippen LogP contribution < -0.4 is 14.9 Å². The molecule has 0 spiro atoms. The van der Waals surface area contributed by atoms with Crippen LogP contribution in [0.5, 0.6) is 11.5 Å². The van der Waals surface area contributed by atoms with Gasteiger partial charge in [-0.2, -0.15) is 5.10 Å². The number of amides is 1. The van der Waals surface area contributed by atoms with Crippen molar-refractivity contribution in [3.8, 4) is 11.5 Å². The van der Waals surface area contributed by atoms with Gasteiger partial charge in [0.25, 0.3) is 5.69 Å². The molecule has 0 bridgehead atoms. The lowest BCUT2D eigenvalue weighted by atomic mass is 10.1. The summed E-state index contributed by atoms with van der Waals surface area (Å²) in [6.45, 7) is 2.72. The van der Waals surface area contributed by atoms with E-state index in [1.807, 2.05) is 37.3 Å². The minimum absolute atomic E-state index is 0.00980. The Kier molecular flexibility index (Phi) is 7.73. The van der Waals surface area contributed by atoms with Crippen LogP contribution in [-0.4, -0.2) is 23.7 Å².